The van der Waals surface area contributed by atoms with Crippen molar-refractivity contribution in [1.29, 1.82) is 0 Å². The van der Waals surface area contributed by atoms with E-state index < -0.39 is 11.1 Å². The molecule has 2 aliphatic heterocycles. The van der Waals surface area contributed by atoms with E-state index >= 15 is 0 Å². The lowest BCUT2D eigenvalue weighted by atomic mass is 9.71. The SMILES string of the molecule is CCCCOCC12C(=O)O[C@]1(C)[C@@H](CCCl)C(=O)N2C. The van der Waals surface area contributed by atoms with Crippen molar-refractivity contribution in [2.75, 3.05) is 26.1 Å². The molecule has 114 valence electrons. The third-order valence-electron chi connectivity index (χ3n) is 4.68. The van der Waals surface area contributed by atoms with Crippen LogP contribution in [0.1, 0.15) is 33.1 Å². The first-order valence-corrected chi connectivity index (χ1v) is 7.64. The first-order valence-electron chi connectivity index (χ1n) is 7.10. The number of hydrogen-bond acceptors (Lipinski definition) is 4. The van der Waals surface area contributed by atoms with Crippen LogP contribution < -0.4 is 0 Å². The van der Waals surface area contributed by atoms with Crippen LogP contribution >= 0.6 is 11.6 Å². The Morgan fingerprint density at radius 2 is 2.15 bits per heavy atom. The Morgan fingerprint density at radius 1 is 1.45 bits per heavy atom. The molecule has 0 aromatic rings. The molecule has 2 aliphatic rings. The van der Waals surface area contributed by atoms with E-state index in [1.807, 2.05) is 6.92 Å². The smallest absolute Gasteiger partial charge is 0.339 e. The van der Waals surface area contributed by atoms with Crippen LogP contribution in [0.15, 0.2) is 0 Å². The molecule has 6 heteroatoms. The topological polar surface area (TPSA) is 55.8 Å². The fourth-order valence-corrected chi connectivity index (χ4v) is 3.50. The monoisotopic (exact) mass is 303 g/mol. The number of ether oxygens (including phenoxy) is 2. The molecule has 3 atom stereocenters. The highest BCUT2D eigenvalue weighted by molar-refractivity contribution is 6.18. The number of halogens is 1. The van der Waals surface area contributed by atoms with Crippen LogP contribution in [0.3, 0.4) is 0 Å². The highest BCUT2D eigenvalue weighted by Gasteiger charge is 2.78. The number of amides is 1. The molecule has 2 rings (SSSR count). The number of esters is 1. The minimum absolute atomic E-state index is 0.0851. The second kappa shape index (κ2) is 5.53. The first-order chi connectivity index (χ1) is 9.45. The number of hydrogen-bond donors (Lipinski definition) is 0. The predicted octanol–water partition coefficient (Wildman–Crippen LogP) is 1.57. The van der Waals surface area contributed by atoms with Crippen molar-refractivity contribution in [3.05, 3.63) is 0 Å². The van der Waals surface area contributed by atoms with Gasteiger partial charge in [-0.2, -0.15) is 0 Å². The molecule has 1 amide bonds. The number of likely N-dealkylation sites (N-methyl/N-ethyl adjacent to an activating group) is 1. The van der Waals surface area contributed by atoms with Crippen molar-refractivity contribution < 1.29 is 19.1 Å². The molecule has 0 radical (unpaired) electrons. The molecule has 0 spiro atoms. The second-order valence-electron chi connectivity index (χ2n) is 5.69. The zero-order valence-corrected chi connectivity index (χ0v) is 13.0. The Kier molecular flexibility index (Phi) is 4.30. The highest BCUT2D eigenvalue weighted by atomic mass is 35.5. The van der Waals surface area contributed by atoms with Gasteiger partial charge in [0.15, 0.2) is 5.60 Å². The fraction of sp³-hybridized carbons (Fsp3) is 0.857. The number of nitrogens with zero attached hydrogens (tertiary/aromatic N) is 1. The van der Waals surface area contributed by atoms with E-state index in [1.54, 1.807) is 7.05 Å². The van der Waals surface area contributed by atoms with Crippen LogP contribution in [-0.2, 0) is 19.1 Å². The first kappa shape index (κ1) is 15.6. The van der Waals surface area contributed by atoms with Crippen LogP contribution in [0.2, 0.25) is 0 Å². The number of unbranched alkanes of at least 4 members (excludes halogenated alkanes) is 1. The van der Waals surface area contributed by atoms with E-state index in [-0.39, 0.29) is 24.4 Å². The maximum absolute atomic E-state index is 12.4. The number of alkyl halides is 1. The molecule has 0 saturated carbocycles. The van der Waals surface area contributed by atoms with Gasteiger partial charge < -0.3 is 14.4 Å². The Balaban J connectivity index is 2.19. The van der Waals surface area contributed by atoms with Crippen molar-refractivity contribution in [3.63, 3.8) is 0 Å². The van der Waals surface area contributed by atoms with Gasteiger partial charge in [0.05, 0.1) is 12.5 Å². The molecular weight excluding hydrogens is 282 g/mol. The van der Waals surface area contributed by atoms with Crippen LogP contribution in [0.25, 0.3) is 0 Å². The van der Waals surface area contributed by atoms with Crippen LogP contribution in [0.4, 0.5) is 0 Å². The minimum Gasteiger partial charge on any atom is -0.453 e. The normalized spacial score (nSPS) is 35.8. The lowest BCUT2D eigenvalue weighted by molar-refractivity contribution is -0.240. The van der Waals surface area contributed by atoms with E-state index in [1.165, 1.54) is 4.90 Å². The van der Waals surface area contributed by atoms with Crippen LogP contribution in [0, 0.1) is 5.92 Å². The summed E-state index contributed by atoms with van der Waals surface area (Å²) >= 11 is 5.78. The lowest BCUT2D eigenvalue weighted by Crippen LogP contribution is -2.76. The maximum atomic E-state index is 12.4. The summed E-state index contributed by atoms with van der Waals surface area (Å²) in [5, 5.41) is 0. The number of fused-ring (bicyclic) bond motifs is 1. The number of likely N-dealkylation sites (tertiary alicyclic amines) is 1. The third-order valence-corrected chi connectivity index (χ3v) is 4.90. The zero-order chi connectivity index (χ0) is 15.0. The molecule has 5 nitrogen and oxygen atoms in total. The largest absolute Gasteiger partial charge is 0.453 e. The van der Waals surface area contributed by atoms with Gasteiger partial charge in [0.2, 0.25) is 11.4 Å². The van der Waals surface area contributed by atoms with E-state index in [4.69, 9.17) is 21.1 Å². The zero-order valence-electron chi connectivity index (χ0n) is 12.3. The fourth-order valence-electron chi connectivity index (χ4n) is 3.28. The summed E-state index contributed by atoms with van der Waals surface area (Å²) < 4.78 is 11.0. The molecule has 2 saturated heterocycles. The summed E-state index contributed by atoms with van der Waals surface area (Å²) in [5.41, 5.74) is -1.80. The minimum atomic E-state index is -0.978. The summed E-state index contributed by atoms with van der Waals surface area (Å²) in [6, 6.07) is 0. The van der Waals surface area contributed by atoms with Crippen molar-refractivity contribution >= 4 is 23.5 Å². The Labute approximate surface area is 124 Å². The van der Waals surface area contributed by atoms with Gasteiger partial charge in [-0.05, 0) is 19.8 Å². The summed E-state index contributed by atoms with van der Waals surface area (Å²) in [6.07, 6.45) is 2.47. The van der Waals surface area contributed by atoms with E-state index in [0.29, 0.717) is 18.9 Å². The average Bonchev–Trinajstić information content (AvgIpc) is 2.53. The predicted molar refractivity (Wildman–Crippen MR) is 74.6 cm³/mol. The molecule has 0 aromatic heterocycles. The summed E-state index contributed by atoms with van der Waals surface area (Å²) in [5.74, 6) is -0.468. The lowest BCUT2D eigenvalue weighted by Gasteiger charge is -2.53. The third kappa shape index (κ3) is 1.86. The van der Waals surface area contributed by atoms with Gasteiger partial charge in [-0.3, -0.25) is 4.79 Å². The number of rotatable bonds is 7. The quantitative estimate of drug-likeness (QED) is 0.407. The molecule has 0 aromatic carbocycles. The van der Waals surface area contributed by atoms with Crippen LogP contribution in [0.5, 0.6) is 0 Å². The van der Waals surface area contributed by atoms with E-state index in [0.717, 1.165) is 12.8 Å². The number of carbonyl (C=O) groups is 2. The highest BCUT2D eigenvalue weighted by Crippen LogP contribution is 2.54. The van der Waals surface area contributed by atoms with Gasteiger partial charge >= 0.3 is 5.97 Å². The van der Waals surface area contributed by atoms with Crippen LogP contribution in [-0.4, -0.2) is 54.1 Å². The van der Waals surface area contributed by atoms with Crippen molar-refractivity contribution in [2.45, 2.75) is 44.2 Å². The van der Waals surface area contributed by atoms with Crippen molar-refractivity contribution in [3.8, 4) is 0 Å². The average molecular weight is 304 g/mol. The van der Waals surface area contributed by atoms with Gasteiger partial charge in [0.25, 0.3) is 0 Å². The maximum Gasteiger partial charge on any atom is 0.339 e. The number of carbonyl (C=O) groups excluding carboxylic acids is 2. The van der Waals surface area contributed by atoms with Gasteiger partial charge in [-0.25, -0.2) is 4.79 Å². The van der Waals surface area contributed by atoms with Gasteiger partial charge in [0.1, 0.15) is 0 Å². The molecule has 2 heterocycles. The molecule has 0 N–H and O–H groups in total. The summed E-state index contributed by atoms with van der Waals surface area (Å²) in [6.45, 7) is 4.68. The molecule has 2 fully saturated rings. The van der Waals surface area contributed by atoms with E-state index in [2.05, 4.69) is 6.92 Å². The Bertz CT molecular complexity index is 416. The van der Waals surface area contributed by atoms with Gasteiger partial charge in [0, 0.05) is 19.5 Å². The molecule has 0 aliphatic carbocycles. The Morgan fingerprint density at radius 3 is 2.70 bits per heavy atom. The van der Waals surface area contributed by atoms with Crippen molar-refractivity contribution in [2.24, 2.45) is 5.92 Å². The second-order valence-corrected chi connectivity index (χ2v) is 6.07. The molecular formula is C14H22ClNO4. The molecule has 0 bridgehead atoms. The Hall–Kier alpha value is -0.810. The van der Waals surface area contributed by atoms with E-state index in [9.17, 15) is 9.59 Å². The van der Waals surface area contributed by atoms with Crippen molar-refractivity contribution in [1.82, 2.24) is 4.90 Å². The standard InChI is InChI=1S/C14H22ClNO4/c1-4-5-8-19-9-14-12(18)20-13(14,2)10(6-7-15)11(17)16(14)3/h10H,4-9H2,1-3H3/t10-,13+,14?/m0/s1. The molecule has 1 unspecified atom stereocenters. The summed E-state index contributed by atoms with van der Waals surface area (Å²) in [7, 11) is 1.65. The van der Waals surface area contributed by atoms with Gasteiger partial charge in [-0.1, -0.05) is 13.3 Å². The summed E-state index contributed by atoms with van der Waals surface area (Å²) in [4.78, 5) is 26.0. The van der Waals surface area contributed by atoms with Gasteiger partial charge in [-0.15, -0.1) is 11.6 Å². The molecule has 20 heavy (non-hydrogen) atoms.